The van der Waals surface area contributed by atoms with Gasteiger partial charge in [-0.15, -0.1) is 0 Å². The molecule has 0 radical (unpaired) electrons. The lowest BCUT2D eigenvalue weighted by atomic mass is 10.0. The molecule has 1 aromatic carbocycles. The molecule has 0 bridgehead atoms. The number of carbonyl (C=O) groups excluding carboxylic acids is 1. The first-order valence-corrected chi connectivity index (χ1v) is 23.6. The van der Waals surface area contributed by atoms with Crippen LogP contribution in [0.1, 0.15) is 174 Å². The fourth-order valence-corrected chi connectivity index (χ4v) is 7.47. The number of rotatable bonds is 31. The van der Waals surface area contributed by atoms with Gasteiger partial charge >= 0.3 is 0 Å². The van der Waals surface area contributed by atoms with Crippen LogP contribution in [0.5, 0.6) is 0 Å². The number of aliphatic hydroxyl groups excluding tert-OH is 1. The number of unbranched alkanes of at least 4 members (excludes halogenated alkanes) is 1. The molecule has 62 heavy (non-hydrogen) atoms. The van der Waals surface area contributed by atoms with Crippen molar-refractivity contribution in [2.75, 3.05) is 37.8 Å². The van der Waals surface area contributed by atoms with Crippen molar-refractivity contribution in [3.05, 3.63) is 117 Å². The number of hydrogen-bond donors (Lipinski definition) is 4. The van der Waals surface area contributed by atoms with Crippen molar-refractivity contribution >= 4 is 17.7 Å². The number of hydrogen-bond acceptors (Lipinski definition) is 7. The van der Waals surface area contributed by atoms with E-state index in [0.29, 0.717) is 25.8 Å². The molecule has 0 saturated carbocycles. The molecule has 0 aliphatic carbocycles. The maximum atomic E-state index is 12.6. The number of aryl methyl sites for hydroxylation is 1. The Morgan fingerprint density at radius 3 is 1.73 bits per heavy atom. The van der Waals surface area contributed by atoms with Gasteiger partial charge in [-0.2, -0.15) is 4.98 Å². The molecule has 1 aromatic heterocycles. The molecule has 0 spiro atoms. The van der Waals surface area contributed by atoms with Crippen molar-refractivity contribution in [2.45, 2.75) is 178 Å². The highest BCUT2D eigenvalue weighted by Gasteiger charge is 2.16. The van der Waals surface area contributed by atoms with E-state index in [9.17, 15) is 9.90 Å². The summed E-state index contributed by atoms with van der Waals surface area (Å²) >= 11 is 0. The Balaban J connectivity index is 1.64. The molecule has 1 amide bonds. The van der Waals surface area contributed by atoms with E-state index in [-0.39, 0.29) is 24.5 Å². The highest BCUT2D eigenvalue weighted by molar-refractivity contribution is 5.76. The molecular formula is C54H86N6O2. The van der Waals surface area contributed by atoms with Crippen LogP contribution in [0.3, 0.4) is 0 Å². The quantitative estimate of drug-likeness (QED) is 0.0441. The van der Waals surface area contributed by atoms with Crippen LogP contribution in [0.15, 0.2) is 94.2 Å². The Bertz CT molecular complexity index is 1790. The molecule has 8 nitrogen and oxygen atoms in total. The van der Waals surface area contributed by atoms with E-state index in [0.717, 1.165) is 107 Å². The number of amides is 1. The Kier molecular flexibility index (Phi) is 27.4. The first-order valence-electron chi connectivity index (χ1n) is 23.6. The molecule has 8 heteroatoms. The molecule has 0 aliphatic heterocycles. The molecule has 2 aromatic rings. The van der Waals surface area contributed by atoms with Gasteiger partial charge in [0.1, 0.15) is 5.82 Å². The average Bonchev–Trinajstić information content (AvgIpc) is 3.20. The van der Waals surface area contributed by atoms with Crippen molar-refractivity contribution < 1.29 is 9.90 Å². The number of aromatic nitrogens is 2. The lowest BCUT2D eigenvalue weighted by Crippen LogP contribution is -2.32. The number of likely N-dealkylation sites (N-methyl/N-ethyl adjacent to an activating group) is 1. The minimum atomic E-state index is 0.110. The Morgan fingerprint density at radius 1 is 0.710 bits per heavy atom. The Labute approximate surface area is 378 Å². The zero-order valence-corrected chi connectivity index (χ0v) is 40.8. The third kappa shape index (κ3) is 25.0. The summed E-state index contributed by atoms with van der Waals surface area (Å²) < 4.78 is 0. The summed E-state index contributed by atoms with van der Waals surface area (Å²) in [7, 11) is 2.09. The Morgan fingerprint density at radius 2 is 1.21 bits per heavy atom. The predicted octanol–water partition coefficient (Wildman–Crippen LogP) is 12.8. The lowest BCUT2D eigenvalue weighted by molar-refractivity contribution is -0.121. The van der Waals surface area contributed by atoms with Gasteiger partial charge in [0.2, 0.25) is 11.9 Å². The van der Waals surface area contributed by atoms with Crippen molar-refractivity contribution in [1.29, 1.82) is 0 Å². The van der Waals surface area contributed by atoms with Gasteiger partial charge in [-0.1, -0.05) is 108 Å². The van der Waals surface area contributed by atoms with Crippen LogP contribution < -0.4 is 16.4 Å². The number of nitrogens with zero attached hydrogens (tertiary/aromatic N) is 3. The van der Waals surface area contributed by atoms with Crippen molar-refractivity contribution in [3.63, 3.8) is 0 Å². The molecule has 0 fully saturated rings. The van der Waals surface area contributed by atoms with Gasteiger partial charge in [-0.05, 0) is 157 Å². The summed E-state index contributed by atoms with van der Waals surface area (Å²) in [6, 6.07) is 8.78. The molecule has 0 unspecified atom stereocenters. The van der Waals surface area contributed by atoms with Crippen molar-refractivity contribution in [2.24, 2.45) is 0 Å². The molecular weight excluding hydrogens is 765 g/mol. The number of nitrogens with one attached hydrogen (secondary N) is 2. The maximum Gasteiger partial charge on any atom is 0.222 e. The molecule has 0 aliphatic rings. The summed E-state index contributed by atoms with van der Waals surface area (Å²) in [5.41, 5.74) is 18.9. The fraction of sp³-hybridized carbons (Fsp3) is 0.574. The largest absolute Gasteiger partial charge is 0.396 e. The third-order valence-corrected chi connectivity index (χ3v) is 11.4. The summed E-state index contributed by atoms with van der Waals surface area (Å²) in [6.45, 7) is 22.0. The van der Waals surface area contributed by atoms with Gasteiger partial charge in [0.05, 0.1) is 0 Å². The van der Waals surface area contributed by atoms with Crippen LogP contribution in [0.25, 0.3) is 0 Å². The van der Waals surface area contributed by atoms with Gasteiger partial charge in [-0.25, -0.2) is 4.98 Å². The number of nitrogen functional groups attached to an aromatic ring is 1. The van der Waals surface area contributed by atoms with Crippen LogP contribution in [-0.4, -0.2) is 58.7 Å². The number of anilines is 2. The summed E-state index contributed by atoms with van der Waals surface area (Å²) in [6.07, 6.45) is 30.1. The molecule has 1 heterocycles. The predicted molar refractivity (Wildman–Crippen MR) is 267 cm³/mol. The zero-order chi connectivity index (χ0) is 45.7. The average molecular weight is 851 g/mol. The number of benzene rings is 1. The van der Waals surface area contributed by atoms with Crippen LogP contribution in [-0.2, 0) is 17.8 Å². The van der Waals surface area contributed by atoms with E-state index >= 15 is 0 Å². The minimum Gasteiger partial charge on any atom is -0.396 e. The summed E-state index contributed by atoms with van der Waals surface area (Å²) in [5.74, 6) is 1.12. The topological polar surface area (TPSA) is 116 Å². The second-order valence-corrected chi connectivity index (χ2v) is 18.0. The van der Waals surface area contributed by atoms with E-state index < -0.39 is 0 Å². The zero-order valence-electron chi connectivity index (χ0n) is 40.8. The number of aliphatic hydroxyl groups is 1. The van der Waals surface area contributed by atoms with Gasteiger partial charge in [-0.3, -0.25) is 4.79 Å². The monoisotopic (exact) mass is 851 g/mol. The molecule has 5 N–H and O–H groups in total. The maximum absolute atomic E-state index is 12.6. The number of nitrogens with two attached hydrogens (primary N) is 1. The molecule has 0 saturated heterocycles. The number of carbonyl (C=O) groups is 1. The van der Waals surface area contributed by atoms with Gasteiger partial charge in [0.25, 0.3) is 0 Å². The van der Waals surface area contributed by atoms with E-state index in [1.807, 2.05) is 6.92 Å². The first-order chi connectivity index (χ1) is 29.7. The Hall–Kier alpha value is -4.27. The standard InChI is InChI=1S/C54H86N6O2/c1-11-18-50(35-38-61)58-53-51(47(9)57-54(55)59-53)39-48-30-32-49(33-31-48)40-60(10)37-36-56-52(62)34-29-46(8)28-17-27-45(7)26-16-24-43(5)21-13-12-20-42(4)23-15-25-44(6)22-14-19-41(2)3/h19-21,25-26,28,30-33,50,61H,11-18,22-24,27,29,34-40H2,1-10H3,(H,56,62)(H3,55,57,58,59)/t50-/m0/s1. The van der Waals surface area contributed by atoms with Gasteiger partial charge < -0.3 is 26.4 Å². The van der Waals surface area contributed by atoms with Crippen LogP contribution in [0.2, 0.25) is 0 Å². The highest BCUT2D eigenvalue weighted by Crippen LogP contribution is 2.24. The fourth-order valence-electron chi connectivity index (χ4n) is 7.47. The van der Waals surface area contributed by atoms with Crippen LogP contribution in [0, 0.1) is 6.92 Å². The van der Waals surface area contributed by atoms with Crippen molar-refractivity contribution in [1.82, 2.24) is 20.2 Å². The first kappa shape index (κ1) is 53.9. The summed E-state index contributed by atoms with van der Waals surface area (Å²) in [5, 5.41) is 16.2. The minimum absolute atomic E-state index is 0.110. The molecule has 1 atom stereocenters. The van der Waals surface area contributed by atoms with E-state index in [1.165, 1.54) is 51.0 Å². The molecule has 344 valence electrons. The van der Waals surface area contributed by atoms with Crippen LogP contribution in [0.4, 0.5) is 11.8 Å². The molecule has 2 rings (SSSR count). The smallest absolute Gasteiger partial charge is 0.222 e. The third-order valence-electron chi connectivity index (χ3n) is 11.4. The van der Waals surface area contributed by atoms with Gasteiger partial charge in [0.15, 0.2) is 0 Å². The second kappa shape index (κ2) is 31.6. The normalized spacial score (nSPS) is 13.5. The van der Waals surface area contributed by atoms with E-state index in [1.54, 1.807) is 0 Å². The van der Waals surface area contributed by atoms with Crippen molar-refractivity contribution in [3.8, 4) is 0 Å². The SMILES string of the molecule is CCC[C@@H](CCO)Nc1nc(N)nc(C)c1Cc1ccc(CN(C)CCNC(=O)CCC(C)=CCCC(C)=CCCC(C)=CCCC=C(C)CCC=C(C)CCC=C(C)C)cc1. The van der Waals surface area contributed by atoms with Gasteiger partial charge in [0, 0.05) is 56.4 Å². The van der Waals surface area contributed by atoms with E-state index in [2.05, 4.69) is 149 Å². The highest BCUT2D eigenvalue weighted by atomic mass is 16.3. The van der Waals surface area contributed by atoms with E-state index in [4.69, 9.17) is 5.73 Å². The lowest BCUT2D eigenvalue weighted by Gasteiger charge is -2.21. The second-order valence-electron chi connectivity index (χ2n) is 18.0. The number of allylic oxidation sites excluding steroid dienone is 12. The van der Waals surface area contributed by atoms with Crippen LogP contribution >= 0.6 is 0 Å². The summed E-state index contributed by atoms with van der Waals surface area (Å²) in [4.78, 5) is 23.8.